The Bertz CT molecular complexity index is 603. The largest absolute Gasteiger partial charge is 0.324 e. The number of pyridine rings is 1. The highest BCUT2D eigenvalue weighted by molar-refractivity contribution is 5.74. The van der Waals surface area contributed by atoms with E-state index in [2.05, 4.69) is 30.5 Å². The van der Waals surface area contributed by atoms with Crippen LogP contribution in [0.1, 0.15) is 0 Å². The van der Waals surface area contributed by atoms with Crippen LogP contribution in [0.3, 0.4) is 0 Å². The first-order chi connectivity index (χ1) is 7.92. The highest BCUT2D eigenvalue weighted by atomic mass is 15.2. The van der Waals surface area contributed by atoms with Crippen LogP contribution in [0.2, 0.25) is 0 Å². The summed E-state index contributed by atoms with van der Waals surface area (Å²) in [5, 5.41) is 10.6. The highest BCUT2D eigenvalue weighted by Gasteiger charge is 2.01. The molecular formula is C10H8N6. The average Bonchev–Trinajstić information content (AvgIpc) is 2.77. The Labute approximate surface area is 90.8 Å². The number of hydrogen-bond acceptors (Lipinski definition) is 5. The minimum absolute atomic E-state index is 0.531. The zero-order valence-electron chi connectivity index (χ0n) is 8.25. The molecule has 0 radical (unpaired) electrons. The number of anilines is 2. The van der Waals surface area contributed by atoms with Crippen LogP contribution < -0.4 is 5.32 Å². The third-order valence-electron chi connectivity index (χ3n) is 2.13. The molecule has 0 fully saturated rings. The number of nitrogens with one attached hydrogen (secondary N) is 2. The summed E-state index contributed by atoms with van der Waals surface area (Å²) in [6.45, 7) is 0. The molecule has 0 aliphatic heterocycles. The van der Waals surface area contributed by atoms with E-state index in [0.29, 0.717) is 11.6 Å². The lowest BCUT2D eigenvalue weighted by Gasteiger charge is -2.02. The molecule has 2 N–H and O–H groups in total. The van der Waals surface area contributed by atoms with Crippen molar-refractivity contribution >= 4 is 22.7 Å². The number of H-pyrrole nitrogens is 1. The van der Waals surface area contributed by atoms with E-state index in [1.807, 2.05) is 12.1 Å². The minimum atomic E-state index is 0.531. The Morgan fingerprint density at radius 1 is 1.12 bits per heavy atom. The molecule has 0 bridgehead atoms. The Hall–Kier alpha value is -2.50. The smallest absolute Gasteiger partial charge is 0.229 e. The minimum Gasteiger partial charge on any atom is -0.324 e. The van der Waals surface area contributed by atoms with Crippen molar-refractivity contribution in [2.45, 2.75) is 0 Å². The van der Waals surface area contributed by atoms with E-state index in [9.17, 15) is 0 Å². The Morgan fingerprint density at radius 3 is 2.88 bits per heavy atom. The molecule has 3 aromatic rings. The summed E-state index contributed by atoms with van der Waals surface area (Å²) < 4.78 is 0. The Morgan fingerprint density at radius 2 is 2.00 bits per heavy atom. The Balaban J connectivity index is 1.94. The van der Waals surface area contributed by atoms with Gasteiger partial charge in [-0.2, -0.15) is 10.1 Å². The second-order valence-corrected chi connectivity index (χ2v) is 3.23. The van der Waals surface area contributed by atoms with Crippen molar-refractivity contribution in [3.05, 3.63) is 36.9 Å². The van der Waals surface area contributed by atoms with E-state index in [1.165, 1.54) is 0 Å². The predicted octanol–water partition coefficient (Wildman–Crippen LogP) is 1.49. The van der Waals surface area contributed by atoms with Crippen LogP contribution in [0.15, 0.2) is 36.9 Å². The van der Waals surface area contributed by atoms with Gasteiger partial charge in [-0.25, -0.2) is 4.98 Å². The van der Waals surface area contributed by atoms with E-state index in [0.717, 1.165) is 11.1 Å². The first-order valence-corrected chi connectivity index (χ1v) is 4.75. The van der Waals surface area contributed by atoms with Gasteiger partial charge in [0.05, 0.1) is 11.6 Å². The summed E-state index contributed by atoms with van der Waals surface area (Å²) in [5.74, 6) is 0.531. The monoisotopic (exact) mass is 212 g/mol. The van der Waals surface area contributed by atoms with Crippen LogP contribution in [0.5, 0.6) is 0 Å². The highest BCUT2D eigenvalue weighted by Crippen LogP contribution is 2.13. The number of hydrogen-bond donors (Lipinski definition) is 2. The van der Waals surface area contributed by atoms with E-state index >= 15 is 0 Å². The maximum atomic E-state index is 4.27. The fraction of sp³-hybridized carbons (Fsp3) is 0. The molecule has 78 valence electrons. The number of aromatic nitrogens is 5. The molecule has 6 nitrogen and oxygen atoms in total. The van der Waals surface area contributed by atoms with Gasteiger partial charge in [0.1, 0.15) is 0 Å². The molecular weight excluding hydrogens is 204 g/mol. The zero-order chi connectivity index (χ0) is 10.8. The van der Waals surface area contributed by atoms with Crippen molar-refractivity contribution in [2.24, 2.45) is 0 Å². The summed E-state index contributed by atoms with van der Waals surface area (Å²) in [5.41, 5.74) is 1.61. The molecule has 0 aliphatic rings. The van der Waals surface area contributed by atoms with Gasteiger partial charge in [0.15, 0.2) is 5.65 Å². The van der Waals surface area contributed by atoms with Crippen LogP contribution in [0.4, 0.5) is 11.6 Å². The fourth-order valence-corrected chi connectivity index (χ4v) is 1.36. The molecule has 3 heterocycles. The van der Waals surface area contributed by atoms with Gasteiger partial charge in [-0.05, 0) is 12.1 Å². The molecule has 6 heteroatoms. The van der Waals surface area contributed by atoms with Crippen LogP contribution in [0, 0.1) is 0 Å². The van der Waals surface area contributed by atoms with Crippen molar-refractivity contribution in [3.63, 3.8) is 0 Å². The summed E-state index contributed by atoms with van der Waals surface area (Å²) in [6.07, 6.45) is 6.81. The molecule has 0 aliphatic carbocycles. The number of rotatable bonds is 2. The van der Waals surface area contributed by atoms with Gasteiger partial charge in [-0.1, -0.05) is 0 Å². The van der Waals surface area contributed by atoms with Gasteiger partial charge in [0.2, 0.25) is 5.95 Å². The molecule has 0 spiro atoms. The van der Waals surface area contributed by atoms with Gasteiger partial charge < -0.3 is 5.32 Å². The van der Waals surface area contributed by atoms with Gasteiger partial charge in [-0.3, -0.25) is 10.1 Å². The van der Waals surface area contributed by atoms with Crippen molar-refractivity contribution in [1.29, 1.82) is 0 Å². The first-order valence-electron chi connectivity index (χ1n) is 4.75. The van der Waals surface area contributed by atoms with Gasteiger partial charge in [-0.15, -0.1) is 0 Å². The van der Waals surface area contributed by atoms with Crippen molar-refractivity contribution in [1.82, 2.24) is 25.1 Å². The van der Waals surface area contributed by atoms with E-state index in [4.69, 9.17) is 0 Å². The SMILES string of the molecule is c1cc(Nc2ncc3cn[nH]c3n2)ccn1. The van der Waals surface area contributed by atoms with Crippen LogP contribution in [-0.2, 0) is 0 Å². The molecule has 0 atom stereocenters. The molecule has 3 aromatic heterocycles. The van der Waals surface area contributed by atoms with Crippen LogP contribution >= 0.6 is 0 Å². The van der Waals surface area contributed by atoms with Crippen molar-refractivity contribution in [3.8, 4) is 0 Å². The van der Waals surface area contributed by atoms with Crippen LogP contribution in [0.25, 0.3) is 11.0 Å². The molecule has 3 rings (SSSR count). The lowest BCUT2D eigenvalue weighted by Crippen LogP contribution is -1.96. The summed E-state index contributed by atoms with van der Waals surface area (Å²) in [7, 11) is 0. The topological polar surface area (TPSA) is 79.4 Å². The third-order valence-corrected chi connectivity index (χ3v) is 2.13. The summed E-state index contributed by atoms with van der Waals surface area (Å²) in [4.78, 5) is 12.4. The van der Waals surface area contributed by atoms with Gasteiger partial charge in [0.25, 0.3) is 0 Å². The van der Waals surface area contributed by atoms with Crippen molar-refractivity contribution in [2.75, 3.05) is 5.32 Å². The summed E-state index contributed by atoms with van der Waals surface area (Å²) >= 11 is 0. The summed E-state index contributed by atoms with van der Waals surface area (Å²) in [6, 6.07) is 3.70. The van der Waals surface area contributed by atoms with Gasteiger partial charge >= 0.3 is 0 Å². The van der Waals surface area contributed by atoms with Crippen molar-refractivity contribution < 1.29 is 0 Å². The van der Waals surface area contributed by atoms with Gasteiger partial charge in [0, 0.05) is 24.3 Å². The predicted molar refractivity (Wildman–Crippen MR) is 59.2 cm³/mol. The van der Waals surface area contributed by atoms with E-state index in [-0.39, 0.29) is 0 Å². The average molecular weight is 212 g/mol. The van der Waals surface area contributed by atoms with E-state index < -0.39 is 0 Å². The molecule has 16 heavy (non-hydrogen) atoms. The lowest BCUT2D eigenvalue weighted by molar-refractivity contribution is 1.09. The third kappa shape index (κ3) is 1.56. The number of fused-ring (bicyclic) bond motifs is 1. The normalized spacial score (nSPS) is 10.5. The quantitative estimate of drug-likeness (QED) is 0.672. The standard InChI is InChI=1S/C10H8N6/c1-3-11-4-2-8(1)14-10-12-5-7-6-13-16-9(7)15-10/h1-6H,(H2,11,12,13,14,15,16). The maximum absolute atomic E-state index is 4.27. The number of nitrogens with zero attached hydrogens (tertiary/aromatic N) is 4. The second-order valence-electron chi connectivity index (χ2n) is 3.23. The van der Waals surface area contributed by atoms with E-state index in [1.54, 1.807) is 24.8 Å². The Kier molecular flexibility index (Phi) is 1.96. The molecule has 0 aromatic carbocycles. The molecule has 0 amide bonds. The van der Waals surface area contributed by atoms with Crippen LogP contribution in [-0.4, -0.2) is 25.1 Å². The molecule has 0 saturated heterocycles. The lowest BCUT2D eigenvalue weighted by atomic mass is 10.4. The number of aromatic amines is 1. The molecule has 0 saturated carbocycles. The zero-order valence-corrected chi connectivity index (χ0v) is 8.25. The fourth-order valence-electron chi connectivity index (χ4n) is 1.36. The second kappa shape index (κ2) is 3.58. The first kappa shape index (κ1) is 8.78. The molecule has 0 unspecified atom stereocenters. The maximum Gasteiger partial charge on any atom is 0.229 e.